The highest BCUT2D eigenvalue weighted by Crippen LogP contribution is 2.27. The maximum absolute atomic E-state index is 13.2. The van der Waals surface area contributed by atoms with Gasteiger partial charge >= 0.3 is 0 Å². The lowest BCUT2D eigenvalue weighted by Crippen LogP contribution is -2.13. The van der Waals surface area contributed by atoms with E-state index in [1.807, 2.05) is 25.1 Å². The quantitative estimate of drug-likeness (QED) is 0.728. The fourth-order valence-corrected chi connectivity index (χ4v) is 2.34. The van der Waals surface area contributed by atoms with Gasteiger partial charge in [0.25, 0.3) is 5.91 Å². The second kappa shape index (κ2) is 7.60. The van der Waals surface area contributed by atoms with Crippen molar-refractivity contribution >= 4 is 23.2 Å². The highest BCUT2D eigenvalue weighted by atomic mass is 19.1. The molecule has 0 aliphatic carbocycles. The van der Waals surface area contributed by atoms with E-state index in [4.69, 9.17) is 4.74 Å². The van der Waals surface area contributed by atoms with Crippen molar-refractivity contribution in [2.75, 3.05) is 17.7 Å². The van der Waals surface area contributed by atoms with Gasteiger partial charge in [0.1, 0.15) is 11.6 Å². The zero-order valence-electron chi connectivity index (χ0n) is 14.3. The van der Waals surface area contributed by atoms with Gasteiger partial charge in [0.2, 0.25) is 0 Å². The molecule has 0 bridgehead atoms. The van der Waals surface area contributed by atoms with Crippen molar-refractivity contribution in [1.82, 2.24) is 10.2 Å². The number of benzene rings is 2. The molecule has 26 heavy (non-hydrogen) atoms. The molecule has 0 unspecified atom stereocenters. The van der Waals surface area contributed by atoms with E-state index in [0.717, 1.165) is 17.3 Å². The molecule has 2 N–H and O–H groups in total. The Morgan fingerprint density at radius 1 is 1.04 bits per heavy atom. The van der Waals surface area contributed by atoms with Crippen LogP contribution in [0.25, 0.3) is 0 Å². The van der Waals surface area contributed by atoms with E-state index in [1.165, 1.54) is 18.2 Å². The van der Waals surface area contributed by atoms with Crippen LogP contribution in [0.1, 0.15) is 15.9 Å². The smallest absolute Gasteiger partial charge is 0.256 e. The number of methoxy groups -OCH3 is 1. The van der Waals surface area contributed by atoms with Crippen LogP contribution in [0, 0.1) is 12.7 Å². The van der Waals surface area contributed by atoms with Crippen LogP contribution in [0.15, 0.2) is 54.6 Å². The summed E-state index contributed by atoms with van der Waals surface area (Å²) in [5.74, 6) is 0.509. The van der Waals surface area contributed by atoms with E-state index >= 15 is 0 Å². The van der Waals surface area contributed by atoms with Crippen LogP contribution in [0.5, 0.6) is 5.75 Å². The Morgan fingerprint density at radius 3 is 2.50 bits per heavy atom. The first kappa shape index (κ1) is 17.3. The van der Waals surface area contributed by atoms with Crippen molar-refractivity contribution in [3.63, 3.8) is 0 Å². The lowest BCUT2D eigenvalue weighted by atomic mass is 10.2. The predicted octanol–water partition coefficient (Wildman–Crippen LogP) is 3.93. The van der Waals surface area contributed by atoms with Gasteiger partial charge < -0.3 is 15.4 Å². The second-order valence-electron chi connectivity index (χ2n) is 5.60. The number of hydrogen-bond donors (Lipinski definition) is 2. The zero-order chi connectivity index (χ0) is 18.5. The number of anilines is 3. The molecule has 0 saturated heterocycles. The summed E-state index contributed by atoms with van der Waals surface area (Å²) in [6, 6.07) is 14.4. The first-order chi connectivity index (χ1) is 12.5. The number of aryl methyl sites for hydroxylation is 1. The fraction of sp³-hybridized carbons (Fsp3) is 0.105. The number of carbonyl (C=O) groups is 1. The number of ether oxygens (including phenoxy) is 1. The van der Waals surface area contributed by atoms with Gasteiger partial charge in [0.05, 0.1) is 12.8 Å². The minimum absolute atomic E-state index is 0.207. The molecule has 1 aromatic heterocycles. The zero-order valence-corrected chi connectivity index (χ0v) is 14.3. The van der Waals surface area contributed by atoms with Crippen LogP contribution in [0.3, 0.4) is 0 Å². The van der Waals surface area contributed by atoms with Crippen LogP contribution in [0.2, 0.25) is 0 Å². The van der Waals surface area contributed by atoms with E-state index in [9.17, 15) is 9.18 Å². The molecule has 6 nitrogen and oxygen atoms in total. The molecule has 0 atom stereocenters. The van der Waals surface area contributed by atoms with Crippen LogP contribution in [-0.4, -0.2) is 23.2 Å². The molecular weight excluding hydrogens is 335 g/mol. The van der Waals surface area contributed by atoms with Gasteiger partial charge in [-0.15, -0.1) is 10.2 Å². The van der Waals surface area contributed by atoms with Gasteiger partial charge in [-0.05, 0) is 55.0 Å². The Hall–Kier alpha value is -3.48. The lowest BCUT2D eigenvalue weighted by Gasteiger charge is -2.11. The summed E-state index contributed by atoms with van der Waals surface area (Å²) in [6.45, 7) is 1.97. The molecule has 0 aliphatic heterocycles. The van der Waals surface area contributed by atoms with Crippen LogP contribution in [0.4, 0.5) is 21.7 Å². The number of aromatic nitrogens is 2. The van der Waals surface area contributed by atoms with Crippen LogP contribution < -0.4 is 15.4 Å². The minimum atomic E-state index is -0.476. The van der Waals surface area contributed by atoms with Crippen molar-refractivity contribution < 1.29 is 13.9 Å². The van der Waals surface area contributed by atoms with Crippen LogP contribution in [-0.2, 0) is 0 Å². The summed E-state index contributed by atoms with van der Waals surface area (Å²) in [6.07, 6.45) is 0. The molecule has 0 radical (unpaired) electrons. The average molecular weight is 352 g/mol. The second-order valence-corrected chi connectivity index (χ2v) is 5.60. The van der Waals surface area contributed by atoms with E-state index in [0.29, 0.717) is 11.6 Å². The van der Waals surface area contributed by atoms with Crippen molar-refractivity contribution in [2.45, 2.75) is 6.92 Å². The Balaban J connectivity index is 1.71. The Bertz CT molecular complexity index is 929. The largest absolute Gasteiger partial charge is 0.495 e. The number of amides is 1. The average Bonchev–Trinajstić information content (AvgIpc) is 2.63. The minimum Gasteiger partial charge on any atom is -0.495 e. The van der Waals surface area contributed by atoms with Crippen molar-refractivity contribution in [3.05, 3.63) is 71.5 Å². The molecule has 0 fully saturated rings. The summed E-state index contributed by atoms with van der Waals surface area (Å²) in [5.41, 5.74) is 2.04. The number of nitrogens with one attached hydrogen (secondary N) is 2. The summed E-state index contributed by atoms with van der Waals surface area (Å²) < 4.78 is 18.5. The molecular formula is C19H17FN4O2. The molecule has 7 heteroatoms. The van der Waals surface area contributed by atoms with Gasteiger partial charge in [0.15, 0.2) is 11.6 Å². The third kappa shape index (κ3) is 4.13. The Kier molecular flexibility index (Phi) is 5.07. The summed E-state index contributed by atoms with van der Waals surface area (Å²) in [5, 5.41) is 13.7. The van der Waals surface area contributed by atoms with Crippen molar-refractivity contribution in [2.24, 2.45) is 0 Å². The van der Waals surface area contributed by atoms with Crippen molar-refractivity contribution in [1.29, 1.82) is 0 Å². The number of nitrogens with zero attached hydrogens (tertiary/aromatic N) is 2. The molecule has 0 spiro atoms. The number of rotatable bonds is 5. The number of hydrogen-bond acceptors (Lipinski definition) is 5. The van der Waals surface area contributed by atoms with E-state index in [2.05, 4.69) is 20.8 Å². The maximum Gasteiger partial charge on any atom is 0.256 e. The molecule has 1 amide bonds. The SMILES string of the molecule is COc1ccc(C)cc1Nc1ccc(NC(=O)c2cccc(F)c2)nn1. The number of halogens is 1. The van der Waals surface area contributed by atoms with Crippen LogP contribution >= 0.6 is 0 Å². The standard InChI is InChI=1S/C19H17FN4O2/c1-12-6-7-16(26-2)15(10-12)21-17-8-9-18(24-23-17)22-19(25)13-4-3-5-14(20)11-13/h3-11H,1-2H3,(H,21,23)(H,22,24,25). The first-order valence-corrected chi connectivity index (χ1v) is 7.87. The lowest BCUT2D eigenvalue weighted by molar-refractivity contribution is 0.102. The predicted molar refractivity (Wildman–Crippen MR) is 97.4 cm³/mol. The molecule has 3 aromatic rings. The molecule has 1 heterocycles. The third-order valence-electron chi connectivity index (χ3n) is 3.61. The van der Waals surface area contributed by atoms with Gasteiger partial charge in [0, 0.05) is 5.56 Å². The van der Waals surface area contributed by atoms with Gasteiger partial charge in [-0.2, -0.15) is 0 Å². The highest BCUT2D eigenvalue weighted by Gasteiger charge is 2.09. The Morgan fingerprint density at radius 2 is 1.81 bits per heavy atom. The maximum atomic E-state index is 13.2. The molecule has 132 valence electrons. The summed E-state index contributed by atoms with van der Waals surface area (Å²) >= 11 is 0. The van der Waals surface area contributed by atoms with Gasteiger partial charge in [-0.3, -0.25) is 4.79 Å². The Labute approximate surface area is 150 Å². The monoisotopic (exact) mass is 352 g/mol. The molecule has 3 rings (SSSR count). The number of carbonyl (C=O) groups excluding carboxylic acids is 1. The summed E-state index contributed by atoms with van der Waals surface area (Å²) in [4.78, 5) is 12.1. The third-order valence-corrected chi connectivity index (χ3v) is 3.61. The normalized spacial score (nSPS) is 10.3. The van der Waals surface area contributed by atoms with Crippen molar-refractivity contribution in [3.8, 4) is 5.75 Å². The van der Waals surface area contributed by atoms with E-state index < -0.39 is 11.7 Å². The summed E-state index contributed by atoms with van der Waals surface area (Å²) in [7, 11) is 1.59. The van der Waals surface area contributed by atoms with Gasteiger partial charge in [-0.25, -0.2) is 4.39 Å². The van der Waals surface area contributed by atoms with E-state index in [1.54, 1.807) is 19.2 Å². The molecule has 0 aliphatic rings. The van der Waals surface area contributed by atoms with Gasteiger partial charge in [-0.1, -0.05) is 12.1 Å². The first-order valence-electron chi connectivity index (χ1n) is 7.87. The highest BCUT2D eigenvalue weighted by molar-refractivity contribution is 6.03. The molecule has 0 saturated carbocycles. The van der Waals surface area contributed by atoms with E-state index in [-0.39, 0.29) is 11.4 Å². The topological polar surface area (TPSA) is 76.1 Å². The fourth-order valence-electron chi connectivity index (χ4n) is 2.34. The molecule has 2 aromatic carbocycles.